The molecule has 7 nitrogen and oxygen atoms in total. The van der Waals surface area contributed by atoms with E-state index < -0.39 is 57.0 Å². The van der Waals surface area contributed by atoms with Gasteiger partial charge in [-0.3, -0.25) is 24.1 Å². The first-order valence-corrected chi connectivity index (χ1v) is 15.7. The molecule has 7 rings (SSSR count). The minimum absolute atomic E-state index is 0.0727. The Morgan fingerprint density at radius 1 is 0.841 bits per heavy atom. The number of allylic oxidation sites excluding steroid dienone is 2. The van der Waals surface area contributed by atoms with Crippen LogP contribution in [0.3, 0.4) is 0 Å². The molecule has 1 saturated carbocycles. The smallest absolute Gasteiger partial charge is 0.258 e. The third-order valence-electron chi connectivity index (χ3n) is 9.28. The third-order valence-corrected chi connectivity index (χ3v) is 11.5. The van der Waals surface area contributed by atoms with Crippen LogP contribution >= 0.6 is 50.7 Å². The highest BCUT2D eigenvalue weighted by Crippen LogP contribution is 2.66. The Labute approximate surface area is 274 Å². The summed E-state index contributed by atoms with van der Waals surface area (Å²) >= 11 is 24.7. The van der Waals surface area contributed by atoms with Crippen molar-refractivity contribution in [2.45, 2.75) is 28.5 Å². The Bertz CT molecular complexity index is 1820. The maximum atomic E-state index is 14.3. The summed E-state index contributed by atoms with van der Waals surface area (Å²) in [4.78, 5) is 54.2. The number of nitrogens with zero attached hydrogens (tertiary/aromatic N) is 2. The van der Waals surface area contributed by atoms with Gasteiger partial charge in [-0.1, -0.05) is 45.2 Å². The number of hydrogen-bond acceptors (Lipinski definition) is 5. The summed E-state index contributed by atoms with van der Waals surface area (Å²) in [5.41, 5.74) is 1.37. The van der Waals surface area contributed by atoms with Gasteiger partial charge in [0.25, 0.3) is 11.8 Å². The van der Waals surface area contributed by atoms with Crippen LogP contribution in [0.1, 0.15) is 24.3 Å². The highest BCUT2D eigenvalue weighted by Gasteiger charge is 2.76. The van der Waals surface area contributed by atoms with E-state index in [4.69, 9.17) is 34.8 Å². The molecule has 4 amide bonds. The topological polar surface area (TPSA) is 95.0 Å². The quantitative estimate of drug-likeness (QED) is 0.185. The maximum Gasteiger partial charge on any atom is 0.258 e. The molecule has 2 aliphatic carbocycles. The second-order valence-electron chi connectivity index (χ2n) is 11.4. The number of imide groups is 2. The average Bonchev–Trinajstić information content (AvgIpc) is 3.33. The van der Waals surface area contributed by atoms with Crippen molar-refractivity contribution in [3.63, 3.8) is 0 Å². The summed E-state index contributed by atoms with van der Waals surface area (Å²) in [5.74, 6) is -6.64. The molecule has 2 saturated heterocycles. The van der Waals surface area contributed by atoms with Gasteiger partial charge in [-0.15, -0.1) is 23.2 Å². The minimum atomic E-state index is -2.12. The van der Waals surface area contributed by atoms with E-state index >= 15 is 0 Å². The predicted molar refractivity (Wildman–Crippen MR) is 166 cm³/mol. The lowest BCUT2D eigenvalue weighted by atomic mass is 9.56. The summed E-state index contributed by atoms with van der Waals surface area (Å²) < 4.78 is 14.6. The fraction of sp³-hybridized carbons (Fsp3) is 0.250. The number of anilines is 2. The molecule has 3 fully saturated rings. The Hall–Kier alpha value is -3.24. The average molecular weight is 719 g/mol. The molecule has 3 aromatic carbocycles. The molecule has 3 aromatic rings. The lowest BCUT2D eigenvalue weighted by Crippen LogP contribution is -2.60. The molecule has 2 aliphatic heterocycles. The molecule has 12 heteroatoms. The number of carbonyl (C=O) groups is 4. The van der Waals surface area contributed by atoms with Crippen LogP contribution in [0.2, 0.25) is 5.02 Å². The van der Waals surface area contributed by atoms with Crippen LogP contribution in [0.5, 0.6) is 5.75 Å². The van der Waals surface area contributed by atoms with Crippen molar-refractivity contribution in [3.8, 4) is 5.75 Å². The molecule has 4 aliphatic rings. The number of carbonyl (C=O) groups excluding carboxylic acids is 4. The molecular formula is C32H21BrCl3FN2O5. The number of benzene rings is 3. The van der Waals surface area contributed by atoms with Gasteiger partial charge in [0.2, 0.25) is 11.8 Å². The van der Waals surface area contributed by atoms with Crippen molar-refractivity contribution in [3.05, 3.63) is 99.3 Å². The van der Waals surface area contributed by atoms with Crippen LogP contribution < -0.4 is 9.80 Å². The molecule has 6 unspecified atom stereocenters. The summed E-state index contributed by atoms with van der Waals surface area (Å²) in [7, 11) is 0. The molecule has 0 radical (unpaired) electrons. The van der Waals surface area contributed by atoms with Crippen LogP contribution in [-0.2, 0) is 19.2 Å². The number of fused-ring (bicyclic) bond motifs is 4. The molecule has 2 heterocycles. The Morgan fingerprint density at radius 3 is 2.14 bits per heavy atom. The second kappa shape index (κ2) is 10.1. The van der Waals surface area contributed by atoms with E-state index in [1.54, 1.807) is 30.3 Å². The number of amides is 4. The van der Waals surface area contributed by atoms with E-state index in [0.717, 1.165) is 26.4 Å². The van der Waals surface area contributed by atoms with Crippen molar-refractivity contribution in [1.29, 1.82) is 0 Å². The van der Waals surface area contributed by atoms with Gasteiger partial charge in [-0.05, 0) is 85.0 Å². The van der Waals surface area contributed by atoms with Gasteiger partial charge in [-0.2, -0.15) is 0 Å². The predicted octanol–water partition coefficient (Wildman–Crippen LogP) is 6.72. The van der Waals surface area contributed by atoms with Gasteiger partial charge < -0.3 is 5.11 Å². The third kappa shape index (κ3) is 3.92. The van der Waals surface area contributed by atoms with E-state index in [2.05, 4.69) is 15.9 Å². The Kier molecular flexibility index (Phi) is 6.79. The number of rotatable bonds is 3. The summed E-state index contributed by atoms with van der Waals surface area (Å²) in [6.45, 7) is 0. The lowest BCUT2D eigenvalue weighted by molar-refractivity contribution is -0.125. The minimum Gasteiger partial charge on any atom is -0.508 e. The number of aromatic hydroxyl groups is 1. The zero-order chi connectivity index (χ0) is 31.3. The normalized spacial score (nSPS) is 31.2. The largest absolute Gasteiger partial charge is 0.508 e. The van der Waals surface area contributed by atoms with E-state index in [-0.39, 0.29) is 35.2 Å². The maximum absolute atomic E-state index is 14.3. The van der Waals surface area contributed by atoms with Crippen LogP contribution in [0.4, 0.5) is 15.8 Å². The first kappa shape index (κ1) is 29.5. The van der Waals surface area contributed by atoms with Gasteiger partial charge in [0.1, 0.15) is 11.6 Å². The molecule has 0 spiro atoms. The molecule has 224 valence electrons. The Morgan fingerprint density at radius 2 is 1.48 bits per heavy atom. The number of alkyl halides is 2. The van der Waals surface area contributed by atoms with Crippen molar-refractivity contribution >= 4 is 85.7 Å². The highest BCUT2D eigenvalue weighted by atomic mass is 79.9. The van der Waals surface area contributed by atoms with Crippen molar-refractivity contribution in [1.82, 2.24) is 0 Å². The van der Waals surface area contributed by atoms with E-state index in [1.165, 1.54) is 30.3 Å². The zero-order valence-corrected chi connectivity index (χ0v) is 26.4. The van der Waals surface area contributed by atoms with E-state index in [0.29, 0.717) is 16.8 Å². The number of phenolic OH excluding ortho intramolecular Hbond substituents is 1. The molecule has 1 N–H and O–H groups in total. The first-order valence-electron chi connectivity index (χ1n) is 13.7. The van der Waals surface area contributed by atoms with Crippen LogP contribution in [0.15, 0.2) is 82.9 Å². The molecule has 6 atom stereocenters. The van der Waals surface area contributed by atoms with Crippen molar-refractivity contribution in [2.75, 3.05) is 9.80 Å². The monoisotopic (exact) mass is 716 g/mol. The van der Waals surface area contributed by atoms with Gasteiger partial charge in [0.05, 0.1) is 23.2 Å². The fourth-order valence-corrected chi connectivity index (χ4v) is 8.81. The first-order chi connectivity index (χ1) is 20.9. The second-order valence-corrected chi connectivity index (χ2v) is 14.0. The van der Waals surface area contributed by atoms with Gasteiger partial charge in [0.15, 0.2) is 9.75 Å². The van der Waals surface area contributed by atoms with Crippen LogP contribution in [0, 0.1) is 23.6 Å². The van der Waals surface area contributed by atoms with E-state index in [1.807, 2.05) is 0 Å². The van der Waals surface area contributed by atoms with Crippen LogP contribution in [-0.4, -0.2) is 38.5 Å². The van der Waals surface area contributed by atoms with Gasteiger partial charge >= 0.3 is 0 Å². The summed E-state index contributed by atoms with van der Waals surface area (Å²) in [5, 5.41) is 10.2. The van der Waals surface area contributed by atoms with Gasteiger partial charge in [0, 0.05) is 15.4 Å². The summed E-state index contributed by atoms with van der Waals surface area (Å²) in [6.07, 6.45) is 1.77. The van der Waals surface area contributed by atoms with Crippen molar-refractivity contribution < 1.29 is 28.7 Å². The lowest BCUT2D eigenvalue weighted by Gasteiger charge is -2.50. The molecule has 0 bridgehead atoms. The SMILES string of the molecule is O=C1C2CC=C3C(CC4(Cl)C(=O)N(c5ccc(F)cc5)C(=O)C4(Cl)C3c3ccc(O)cc3Cl)C2C(=O)N1c1ccc(Br)cc1. The zero-order valence-electron chi connectivity index (χ0n) is 22.5. The molecule has 44 heavy (non-hydrogen) atoms. The number of halogens is 5. The number of hydrogen-bond donors (Lipinski definition) is 1. The highest BCUT2D eigenvalue weighted by molar-refractivity contribution is 9.10. The van der Waals surface area contributed by atoms with Crippen molar-refractivity contribution in [2.24, 2.45) is 17.8 Å². The van der Waals surface area contributed by atoms with Crippen LogP contribution in [0.25, 0.3) is 0 Å². The molecular weight excluding hydrogens is 698 g/mol. The molecule has 0 aromatic heterocycles. The standard InChI is InChI=1S/C32H21BrCl3FN2O5/c33-15-1-5-17(6-2-15)38-27(41)22-12-11-20-23(25(22)28(38)42)14-31(35)29(43)39(18-7-3-16(37)4-8-18)30(44)32(31,36)26(20)21-10-9-19(40)13-24(21)34/h1-11,13,22-23,25-26,40H,12,14H2. The summed E-state index contributed by atoms with van der Waals surface area (Å²) in [6, 6.07) is 15.8. The van der Waals surface area contributed by atoms with E-state index in [9.17, 15) is 28.7 Å². The van der Waals surface area contributed by atoms with Gasteiger partial charge in [-0.25, -0.2) is 9.29 Å². The number of phenols is 1. The fourth-order valence-electron chi connectivity index (χ4n) is 7.34. The Balaban J connectivity index is 1.40.